The lowest BCUT2D eigenvalue weighted by molar-refractivity contribution is -0.166. The second-order valence-corrected chi connectivity index (χ2v) is 21.2. The van der Waals surface area contributed by atoms with Gasteiger partial charge in [-0.1, -0.05) is 89.9 Å². The van der Waals surface area contributed by atoms with E-state index in [4.69, 9.17) is 0 Å². The number of para-hydroxylation sites is 1. The van der Waals surface area contributed by atoms with Crippen LogP contribution in [-0.4, -0.2) is 30.4 Å². The molecule has 278 valence electrons. The first-order valence-corrected chi connectivity index (χ1v) is 20.9. The van der Waals surface area contributed by atoms with Crippen molar-refractivity contribution in [2.75, 3.05) is 0 Å². The zero-order chi connectivity index (χ0) is 37.4. The molecule has 52 heavy (non-hydrogen) atoms. The minimum absolute atomic E-state index is 0.0214. The van der Waals surface area contributed by atoms with Gasteiger partial charge >= 0.3 is 5.97 Å². The van der Waals surface area contributed by atoms with E-state index in [0.717, 1.165) is 61.4 Å². The molecular formula is C44H56N2O5S. The van der Waals surface area contributed by atoms with E-state index in [9.17, 15) is 23.1 Å². The number of aryl methyl sites for hydroxylation is 1. The molecule has 8 heteroatoms. The van der Waals surface area contributed by atoms with Gasteiger partial charge < -0.3 is 10.1 Å². The zero-order valence-electron chi connectivity index (χ0n) is 32.2. The minimum Gasteiger partial charge on any atom is -0.478 e. The van der Waals surface area contributed by atoms with Crippen molar-refractivity contribution in [2.45, 2.75) is 123 Å². The number of aromatic carboxylic acids is 1. The number of carboxylic acid groups (broad SMARTS) is 1. The van der Waals surface area contributed by atoms with Crippen molar-refractivity contribution in [3.05, 3.63) is 76.5 Å². The Hall–Kier alpha value is -3.39. The first kappa shape index (κ1) is 35.6. The quantitative estimate of drug-likeness (QED) is 0.232. The molecule has 0 bridgehead atoms. The molecule has 0 spiro atoms. The number of aromatic nitrogens is 1. The summed E-state index contributed by atoms with van der Waals surface area (Å²) in [4.78, 5) is 30.6. The van der Waals surface area contributed by atoms with Crippen LogP contribution in [-0.2, 0) is 26.7 Å². The number of sulfonamides is 1. The van der Waals surface area contributed by atoms with Crippen LogP contribution in [0, 0.1) is 51.8 Å². The van der Waals surface area contributed by atoms with E-state index >= 15 is 0 Å². The number of carbonyl (C=O) groups excluding carboxylic acids is 1. The number of hydrogen-bond acceptors (Lipinski definition) is 4. The third-order valence-corrected chi connectivity index (χ3v) is 17.5. The number of H-pyrrole nitrogens is 1. The Labute approximate surface area is 309 Å². The molecule has 3 aromatic rings. The standard InChI is InChI=1S/C44H56N2O5S/c1-26-12-14-27(15-13-26)52(50,51)46-38(49)44-22-20-39(2,3)25-32(44)31-16-17-34-41(6)24-30-28-10-9-11-29(37(47)48)35(28)45-36(30)40(4,5)33(41)18-19-43(34,8)42(31,7)21-23-44/h9-16,32-34,45H,17-25H2,1-8H3,(H,46,49)(H,47,48)/t32-,33-,34+,41-,42+,43+,44-/m0/s1. The van der Waals surface area contributed by atoms with Gasteiger partial charge in [-0.3, -0.25) is 4.79 Å². The number of hydrogen-bond donors (Lipinski definition) is 3. The second-order valence-electron chi connectivity index (χ2n) is 19.5. The summed E-state index contributed by atoms with van der Waals surface area (Å²) >= 11 is 0. The van der Waals surface area contributed by atoms with Gasteiger partial charge in [-0.05, 0) is 128 Å². The van der Waals surface area contributed by atoms with Gasteiger partial charge in [0.25, 0.3) is 10.0 Å². The summed E-state index contributed by atoms with van der Waals surface area (Å²) < 4.78 is 29.9. The zero-order valence-corrected chi connectivity index (χ0v) is 33.0. The summed E-state index contributed by atoms with van der Waals surface area (Å²) in [5.74, 6) is -0.450. The third-order valence-electron chi connectivity index (χ3n) is 16.2. The van der Waals surface area contributed by atoms with Crippen molar-refractivity contribution < 1.29 is 23.1 Å². The monoisotopic (exact) mass is 724 g/mol. The highest BCUT2D eigenvalue weighted by atomic mass is 32.2. The Balaban J connectivity index is 1.20. The van der Waals surface area contributed by atoms with Crippen molar-refractivity contribution in [1.29, 1.82) is 0 Å². The normalized spacial score (nSPS) is 35.9. The number of rotatable bonds is 4. The Morgan fingerprint density at radius 3 is 2.27 bits per heavy atom. The summed E-state index contributed by atoms with van der Waals surface area (Å²) in [6, 6.07) is 12.4. The van der Waals surface area contributed by atoms with Gasteiger partial charge in [-0.15, -0.1) is 0 Å². The fourth-order valence-corrected chi connectivity index (χ4v) is 14.2. The summed E-state index contributed by atoms with van der Waals surface area (Å²) in [5, 5.41) is 11.1. The number of fused-ring (bicyclic) bond motifs is 10. The molecule has 3 N–H and O–H groups in total. The maximum Gasteiger partial charge on any atom is 0.337 e. The Morgan fingerprint density at radius 2 is 1.58 bits per heavy atom. The van der Waals surface area contributed by atoms with Crippen LogP contribution >= 0.6 is 0 Å². The first-order valence-electron chi connectivity index (χ1n) is 19.4. The number of benzene rings is 2. The van der Waals surface area contributed by atoms with E-state index in [-0.39, 0.29) is 43.8 Å². The van der Waals surface area contributed by atoms with Gasteiger partial charge in [0.15, 0.2) is 0 Å². The Bertz CT molecular complexity index is 2160. The largest absolute Gasteiger partial charge is 0.478 e. The maximum absolute atomic E-state index is 14.6. The van der Waals surface area contributed by atoms with Crippen molar-refractivity contribution in [1.82, 2.24) is 9.71 Å². The van der Waals surface area contributed by atoms with Gasteiger partial charge in [0.05, 0.1) is 21.4 Å². The molecule has 3 saturated carbocycles. The highest BCUT2D eigenvalue weighted by Crippen LogP contribution is 2.75. The molecule has 2 aromatic carbocycles. The summed E-state index contributed by atoms with van der Waals surface area (Å²) in [6.07, 6.45) is 10.5. The van der Waals surface area contributed by atoms with Gasteiger partial charge in [0.2, 0.25) is 5.91 Å². The van der Waals surface area contributed by atoms with Crippen LogP contribution in [0.3, 0.4) is 0 Å². The number of nitrogens with one attached hydrogen (secondary N) is 2. The van der Waals surface area contributed by atoms with E-state index < -0.39 is 21.4 Å². The summed E-state index contributed by atoms with van der Waals surface area (Å²) in [5.41, 5.74) is 4.82. The van der Waals surface area contributed by atoms with Gasteiger partial charge in [-0.25, -0.2) is 17.9 Å². The van der Waals surface area contributed by atoms with E-state index in [1.807, 2.05) is 13.0 Å². The molecule has 7 nitrogen and oxygen atoms in total. The topological polar surface area (TPSA) is 116 Å². The molecule has 7 atom stereocenters. The number of carboxylic acids is 1. The number of allylic oxidation sites excluding steroid dienone is 2. The number of carbonyl (C=O) groups is 2. The Kier molecular flexibility index (Phi) is 7.59. The van der Waals surface area contributed by atoms with Crippen LogP contribution in [0.1, 0.15) is 127 Å². The van der Waals surface area contributed by atoms with Crippen molar-refractivity contribution >= 4 is 32.8 Å². The molecule has 3 fully saturated rings. The smallest absolute Gasteiger partial charge is 0.337 e. The molecule has 1 heterocycles. The van der Waals surface area contributed by atoms with Crippen LogP contribution in [0.4, 0.5) is 0 Å². The Morgan fingerprint density at radius 1 is 0.885 bits per heavy atom. The lowest BCUT2D eigenvalue weighted by atomic mass is 9.33. The van der Waals surface area contributed by atoms with Gasteiger partial charge in [0, 0.05) is 16.5 Å². The molecule has 8 rings (SSSR count). The molecule has 5 aliphatic carbocycles. The number of amides is 1. The van der Waals surface area contributed by atoms with Crippen LogP contribution in [0.5, 0.6) is 0 Å². The van der Waals surface area contributed by atoms with E-state index in [0.29, 0.717) is 30.2 Å². The lowest BCUT2D eigenvalue weighted by Crippen LogP contribution is -2.65. The van der Waals surface area contributed by atoms with Gasteiger partial charge in [0.1, 0.15) is 0 Å². The highest BCUT2D eigenvalue weighted by molar-refractivity contribution is 7.90. The molecule has 0 aliphatic heterocycles. The predicted octanol–water partition coefficient (Wildman–Crippen LogP) is 9.50. The second kappa shape index (κ2) is 11.1. The predicted molar refractivity (Wildman–Crippen MR) is 205 cm³/mol. The van der Waals surface area contributed by atoms with Crippen molar-refractivity contribution in [2.24, 2.45) is 44.8 Å². The minimum atomic E-state index is -4.02. The lowest BCUT2D eigenvalue weighted by Gasteiger charge is -2.70. The third kappa shape index (κ3) is 4.70. The molecule has 0 unspecified atom stereocenters. The molecule has 0 radical (unpaired) electrons. The van der Waals surface area contributed by atoms with Crippen LogP contribution in [0.2, 0.25) is 0 Å². The molecule has 1 aromatic heterocycles. The van der Waals surface area contributed by atoms with E-state index in [1.54, 1.807) is 30.3 Å². The first-order chi connectivity index (χ1) is 24.2. The molecule has 0 saturated heterocycles. The summed E-state index contributed by atoms with van der Waals surface area (Å²) in [6.45, 7) is 18.8. The SMILES string of the molecule is Cc1ccc(S(=O)(=O)NC(=O)[C@]23CCC(C)(C)C[C@H]2C2=CC[C@@H]4[C@@]5(C)Cc6c([nH]c7c(C(=O)O)cccc67)C(C)(C)[C@@H]5CC[C@@]4(C)[C@]2(C)CC3)cc1. The van der Waals surface area contributed by atoms with Crippen LogP contribution < -0.4 is 4.72 Å². The highest BCUT2D eigenvalue weighted by Gasteiger charge is 2.69. The van der Waals surface area contributed by atoms with Crippen molar-refractivity contribution in [3.63, 3.8) is 0 Å². The average Bonchev–Trinajstić information content (AvgIpc) is 3.43. The number of aromatic amines is 1. The fourth-order valence-electron chi connectivity index (χ4n) is 13.2. The molecule has 5 aliphatic rings. The van der Waals surface area contributed by atoms with Crippen molar-refractivity contribution in [3.8, 4) is 0 Å². The average molecular weight is 725 g/mol. The summed E-state index contributed by atoms with van der Waals surface area (Å²) in [7, 11) is -4.02. The van der Waals surface area contributed by atoms with Gasteiger partial charge in [-0.2, -0.15) is 0 Å². The van der Waals surface area contributed by atoms with E-state index in [1.165, 1.54) is 16.8 Å². The molecule has 1 amide bonds. The van der Waals surface area contributed by atoms with E-state index in [2.05, 4.69) is 70.3 Å². The maximum atomic E-state index is 14.6. The fraction of sp³-hybridized carbons (Fsp3) is 0.591. The molecular weight excluding hydrogens is 669 g/mol. The van der Waals surface area contributed by atoms with Crippen LogP contribution in [0.15, 0.2) is 59.0 Å². The van der Waals surface area contributed by atoms with Crippen LogP contribution in [0.25, 0.3) is 10.9 Å².